The van der Waals surface area contributed by atoms with Gasteiger partial charge in [0.15, 0.2) is 0 Å². The molecule has 0 unspecified atom stereocenters. The van der Waals surface area contributed by atoms with E-state index in [4.69, 9.17) is 0 Å². The molecule has 0 aromatic heterocycles. The van der Waals surface area contributed by atoms with E-state index in [1.807, 2.05) is 0 Å². The molecule has 1 aliphatic heterocycles. The van der Waals surface area contributed by atoms with Gasteiger partial charge in [0.2, 0.25) is 0 Å². The molecule has 2 heteroatoms. The molecule has 0 amide bonds. The van der Waals surface area contributed by atoms with Crippen LogP contribution in [-0.2, 0) is 0 Å². The van der Waals surface area contributed by atoms with Crippen molar-refractivity contribution in [2.24, 2.45) is 11.8 Å². The van der Waals surface area contributed by atoms with Crippen LogP contribution in [0, 0.1) is 11.8 Å². The van der Waals surface area contributed by atoms with E-state index in [9.17, 15) is 0 Å². The minimum Gasteiger partial charge on any atom is -0.316 e. The van der Waals surface area contributed by atoms with Gasteiger partial charge in [-0.05, 0) is 42.9 Å². The molecule has 1 N–H and O–H groups in total. The van der Waals surface area contributed by atoms with E-state index in [1.165, 1.54) is 43.9 Å². The van der Waals surface area contributed by atoms with Crippen LogP contribution in [-0.4, -0.2) is 24.6 Å². The Morgan fingerprint density at radius 2 is 2.00 bits per heavy atom. The third-order valence-corrected chi connectivity index (χ3v) is 3.82. The largest absolute Gasteiger partial charge is 0.316 e. The van der Waals surface area contributed by atoms with Crippen LogP contribution < -0.4 is 5.32 Å². The standard InChI is InChI=1S/C9H17NS/c1-2-8(1)3-4-11-7-9-5-10-6-9/h8-10H,1-7H2. The van der Waals surface area contributed by atoms with Crippen LogP contribution in [0.15, 0.2) is 0 Å². The molecule has 2 fully saturated rings. The highest BCUT2D eigenvalue weighted by molar-refractivity contribution is 7.99. The van der Waals surface area contributed by atoms with Gasteiger partial charge in [-0.2, -0.15) is 11.8 Å². The summed E-state index contributed by atoms with van der Waals surface area (Å²) in [4.78, 5) is 0. The highest BCUT2D eigenvalue weighted by Gasteiger charge is 2.21. The van der Waals surface area contributed by atoms with Crippen molar-refractivity contribution in [3.8, 4) is 0 Å². The lowest BCUT2D eigenvalue weighted by molar-refractivity contribution is 0.385. The number of hydrogen-bond acceptors (Lipinski definition) is 2. The van der Waals surface area contributed by atoms with Gasteiger partial charge in [-0.3, -0.25) is 0 Å². The number of nitrogens with one attached hydrogen (secondary N) is 1. The first-order valence-electron chi connectivity index (χ1n) is 4.73. The minimum atomic E-state index is 0.999. The second-order valence-electron chi connectivity index (χ2n) is 3.83. The van der Waals surface area contributed by atoms with E-state index < -0.39 is 0 Å². The molecular formula is C9H17NS. The van der Waals surface area contributed by atoms with Crippen molar-refractivity contribution in [3.05, 3.63) is 0 Å². The van der Waals surface area contributed by atoms with Crippen molar-refractivity contribution >= 4 is 11.8 Å². The summed E-state index contributed by atoms with van der Waals surface area (Å²) in [6, 6.07) is 0. The first-order valence-corrected chi connectivity index (χ1v) is 5.89. The smallest absolute Gasteiger partial charge is 0.0000326 e. The van der Waals surface area contributed by atoms with Crippen LogP contribution in [0.5, 0.6) is 0 Å². The van der Waals surface area contributed by atoms with Crippen LogP contribution in [0.2, 0.25) is 0 Å². The van der Waals surface area contributed by atoms with E-state index in [1.54, 1.807) is 0 Å². The van der Waals surface area contributed by atoms with Gasteiger partial charge >= 0.3 is 0 Å². The van der Waals surface area contributed by atoms with Gasteiger partial charge in [0, 0.05) is 0 Å². The molecule has 2 rings (SSSR count). The number of thioether (sulfide) groups is 1. The molecule has 64 valence electrons. The highest BCUT2D eigenvalue weighted by Crippen LogP contribution is 2.33. The van der Waals surface area contributed by atoms with E-state index in [0.717, 1.165) is 11.8 Å². The topological polar surface area (TPSA) is 12.0 Å². The Labute approximate surface area is 73.3 Å². The molecule has 1 nitrogen and oxygen atoms in total. The summed E-state index contributed by atoms with van der Waals surface area (Å²) in [7, 11) is 0. The van der Waals surface area contributed by atoms with Crippen molar-refractivity contribution in [1.82, 2.24) is 5.32 Å². The average Bonchev–Trinajstić information content (AvgIpc) is 2.66. The fraction of sp³-hybridized carbons (Fsp3) is 1.00. The second kappa shape index (κ2) is 3.81. The molecule has 0 aromatic carbocycles. The predicted octanol–water partition coefficient (Wildman–Crippen LogP) is 1.74. The first kappa shape index (κ1) is 7.93. The van der Waals surface area contributed by atoms with Crippen LogP contribution in [0.25, 0.3) is 0 Å². The molecular weight excluding hydrogens is 154 g/mol. The highest BCUT2D eigenvalue weighted by atomic mass is 32.2. The molecule has 0 atom stereocenters. The first-order chi connectivity index (χ1) is 5.45. The molecule has 0 aromatic rings. The lowest BCUT2D eigenvalue weighted by Crippen LogP contribution is -2.43. The Bertz CT molecular complexity index is 119. The summed E-state index contributed by atoms with van der Waals surface area (Å²) in [5.41, 5.74) is 0. The quantitative estimate of drug-likeness (QED) is 0.632. The monoisotopic (exact) mass is 171 g/mol. The Kier molecular flexibility index (Phi) is 2.75. The average molecular weight is 171 g/mol. The van der Waals surface area contributed by atoms with Crippen LogP contribution in [0.4, 0.5) is 0 Å². The van der Waals surface area contributed by atoms with Crippen molar-refractivity contribution in [2.75, 3.05) is 24.6 Å². The number of rotatable bonds is 5. The van der Waals surface area contributed by atoms with Gasteiger partial charge in [-0.15, -0.1) is 0 Å². The van der Waals surface area contributed by atoms with Crippen LogP contribution in [0.3, 0.4) is 0 Å². The maximum atomic E-state index is 3.31. The summed E-state index contributed by atoms with van der Waals surface area (Å²) in [6.07, 6.45) is 4.53. The third kappa shape index (κ3) is 2.68. The lowest BCUT2D eigenvalue weighted by Gasteiger charge is -2.26. The van der Waals surface area contributed by atoms with E-state index >= 15 is 0 Å². The minimum absolute atomic E-state index is 0.999. The SMILES string of the molecule is C(CC1CC1)SCC1CNC1. The Morgan fingerprint density at radius 3 is 2.55 bits per heavy atom. The molecule has 1 saturated carbocycles. The summed E-state index contributed by atoms with van der Waals surface area (Å²) in [5, 5.41) is 3.31. The third-order valence-electron chi connectivity index (χ3n) is 2.59. The van der Waals surface area contributed by atoms with Crippen molar-refractivity contribution < 1.29 is 0 Å². The lowest BCUT2D eigenvalue weighted by atomic mass is 10.1. The van der Waals surface area contributed by atoms with Crippen molar-refractivity contribution in [3.63, 3.8) is 0 Å². The maximum absolute atomic E-state index is 3.31. The van der Waals surface area contributed by atoms with Crippen LogP contribution >= 0.6 is 11.8 Å². The maximum Gasteiger partial charge on any atom is -0.0000326 e. The predicted molar refractivity (Wildman–Crippen MR) is 51.0 cm³/mol. The van der Waals surface area contributed by atoms with E-state index in [-0.39, 0.29) is 0 Å². The second-order valence-corrected chi connectivity index (χ2v) is 4.98. The van der Waals surface area contributed by atoms with Crippen molar-refractivity contribution in [1.29, 1.82) is 0 Å². The summed E-state index contributed by atoms with van der Waals surface area (Å²) in [6.45, 7) is 2.55. The molecule has 0 radical (unpaired) electrons. The van der Waals surface area contributed by atoms with Gasteiger partial charge in [0.25, 0.3) is 0 Å². The normalized spacial score (nSPS) is 25.1. The van der Waals surface area contributed by atoms with Gasteiger partial charge in [-0.1, -0.05) is 12.8 Å². The Morgan fingerprint density at radius 1 is 1.18 bits per heavy atom. The Balaban J connectivity index is 1.40. The molecule has 1 saturated heterocycles. The molecule has 1 aliphatic carbocycles. The van der Waals surface area contributed by atoms with Gasteiger partial charge in [-0.25, -0.2) is 0 Å². The molecule has 11 heavy (non-hydrogen) atoms. The van der Waals surface area contributed by atoms with Crippen molar-refractivity contribution in [2.45, 2.75) is 19.3 Å². The fourth-order valence-electron chi connectivity index (χ4n) is 1.37. The zero-order valence-electron chi connectivity index (χ0n) is 7.01. The zero-order valence-corrected chi connectivity index (χ0v) is 7.83. The van der Waals surface area contributed by atoms with Gasteiger partial charge in [0.05, 0.1) is 0 Å². The molecule has 1 heterocycles. The fourth-order valence-corrected chi connectivity index (χ4v) is 2.61. The Hall–Kier alpha value is 0.310. The van der Waals surface area contributed by atoms with Crippen LogP contribution in [0.1, 0.15) is 19.3 Å². The number of hydrogen-bond donors (Lipinski definition) is 1. The molecule has 0 bridgehead atoms. The molecule has 0 spiro atoms. The van der Waals surface area contributed by atoms with E-state index in [2.05, 4.69) is 17.1 Å². The summed E-state index contributed by atoms with van der Waals surface area (Å²) in [5.74, 6) is 4.95. The molecule has 2 aliphatic rings. The summed E-state index contributed by atoms with van der Waals surface area (Å²) < 4.78 is 0. The zero-order chi connectivity index (χ0) is 7.52. The summed E-state index contributed by atoms with van der Waals surface area (Å²) >= 11 is 2.17. The van der Waals surface area contributed by atoms with Gasteiger partial charge < -0.3 is 5.32 Å². The van der Waals surface area contributed by atoms with Gasteiger partial charge in [0.1, 0.15) is 0 Å². The van der Waals surface area contributed by atoms with E-state index in [0.29, 0.717) is 0 Å².